The minimum Gasteiger partial charge on any atom is -0.490 e. The Labute approximate surface area is 184 Å². The zero-order valence-electron chi connectivity index (χ0n) is 18.5. The highest BCUT2D eigenvalue weighted by Crippen LogP contribution is 2.42. The van der Waals surface area contributed by atoms with Gasteiger partial charge in [0.25, 0.3) is 0 Å². The molecule has 0 saturated carbocycles. The number of carbonyl (C=O) groups is 1. The van der Waals surface area contributed by atoms with E-state index in [2.05, 4.69) is 4.90 Å². The van der Waals surface area contributed by atoms with Crippen molar-refractivity contribution >= 4 is 27.9 Å². The van der Waals surface area contributed by atoms with Crippen molar-refractivity contribution in [2.45, 2.75) is 26.4 Å². The molecule has 9 heteroatoms. The molecule has 0 N–H and O–H groups in total. The van der Waals surface area contributed by atoms with Gasteiger partial charge in [-0.05, 0) is 19.4 Å². The lowest BCUT2D eigenvalue weighted by Crippen LogP contribution is -2.39. The first-order valence-electron chi connectivity index (χ1n) is 10.7. The minimum absolute atomic E-state index is 0.195. The molecule has 2 aromatic heterocycles. The van der Waals surface area contributed by atoms with Gasteiger partial charge < -0.3 is 27.8 Å². The topological polar surface area (TPSA) is 101 Å². The smallest absolute Gasteiger partial charge is 0.347 e. The van der Waals surface area contributed by atoms with Crippen molar-refractivity contribution in [2.24, 2.45) is 0 Å². The molecule has 0 bridgehead atoms. The molecular formula is C23H27NO8. The van der Waals surface area contributed by atoms with Gasteiger partial charge in [0.05, 0.1) is 32.0 Å². The van der Waals surface area contributed by atoms with E-state index in [0.717, 1.165) is 13.1 Å². The highest BCUT2D eigenvalue weighted by molar-refractivity contribution is 6.06. The van der Waals surface area contributed by atoms with Crippen molar-refractivity contribution in [1.82, 2.24) is 4.90 Å². The average molecular weight is 445 g/mol. The van der Waals surface area contributed by atoms with E-state index in [0.29, 0.717) is 48.7 Å². The molecule has 1 saturated heterocycles. The van der Waals surface area contributed by atoms with Crippen LogP contribution >= 0.6 is 0 Å². The first-order chi connectivity index (χ1) is 15.5. The maximum absolute atomic E-state index is 12.9. The van der Waals surface area contributed by atoms with Crippen LogP contribution in [0.5, 0.6) is 11.5 Å². The van der Waals surface area contributed by atoms with Crippen molar-refractivity contribution in [3.8, 4) is 11.5 Å². The molecule has 172 valence electrons. The van der Waals surface area contributed by atoms with Crippen LogP contribution in [-0.4, -0.2) is 63.5 Å². The maximum atomic E-state index is 12.9. The second-order valence-corrected chi connectivity index (χ2v) is 7.59. The van der Waals surface area contributed by atoms with Crippen LogP contribution in [0.4, 0.5) is 0 Å². The van der Waals surface area contributed by atoms with Gasteiger partial charge in [-0.15, -0.1) is 0 Å². The Bertz CT molecular complexity index is 1160. The number of morpholine rings is 1. The third-order valence-electron chi connectivity index (χ3n) is 5.47. The molecule has 1 fully saturated rings. The van der Waals surface area contributed by atoms with E-state index in [1.54, 1.807) is 13.0 Å². The highest BCUT2D eigenvalue weighted by Gasteiger charge is 2.27. The molecule has 1 aliphatic rings. The number of methoxy groups -OCH3 is 1. The molecule has 1 atom stereocenters. The van der Waals surface area contributed by atoms with Crippen LogP contribution in [0.3, 0.4) is 0 Å². The van der Waals surface area contributed by atoms with Crippen LogP contribution in [0, 0.1) is 6.92 Å². The number of benzene rings is 1. The van der Waals surface area contributed by atoms with Crippen LogP contribution in [0.1, 0.15) is 19.1 Å². The van der Waals surface area contributed by atoms with E-state index in [4.69, 9.17) is 27.8 Å². The highest BCUT2D eigenvalue weighted by atomic mass is 16.6. The standard InChI is InChI=1S/C23H27NO8/c1-4-17(23(26)30-12-8-24-6-10-28-11-7-24)32-19-15-5-9-29-20(15)22(27-3)21-18(19)16(25)13-14(2)31-21/h5,9,13,17H,4,6-8,10-12H2,1-3H3. The number of rotatable bonds is 8. The van der Waals surface area contributed by atoms with E-state index in [9.17, 15) is 9.59 Å². The van der Waals surface area contributed by atoms with Crippen LogP contribution in [0.2, 0.25) is 0 Å². The van der Waals surface area contributed by atoms with Crippen LogP contribution in [0.15, 0.2) is 32.0 Å². The van der Waals surface area contributed by atoms with Gasteiger partial charge >= 0.3 is 5.97 Å². The maximum Gasteiger partial charge on any atom is 0.347 e. The van der Waals surface area contributed by atoms with Crippen molar-refractivity contribution in [3.05, 3.63) is 34.4 Å². The summed E-state index contributed by atoms with van der Waals surface area (Å²) in [4.78, 5) is 27.8. The fraction of sp³-hybridized carbons (Fsp3) is 0.478. The number of furan rings is 1. The lowest BCUT2D eigenvalue weighted by Gasteiger charge is -2.26. The summed E-state index contributed by atoms with van der Waals surface area (Å²) < 4.78 is 33.7. The SMILES string of the molecule is CCC(Oc1c2ccoc2c(OC)c2oc(C)cc(=O)c12)C(=O)OCCN1CCOCC1. The summed E-state index contributed by atoms with van der Waals surface area (Å²) in [6, 6.07) is 3.05. The van der Waals surface area contributed by atoms with Crippen LogP contribution < -0.4 is 14.9 Å². The summed E-state index contributed by atoms with van der Waals surface area (Å²) in [5.74, 6) is 0.453. The van der Waals surface area contributed by atoms with E-state index >= 15 is 0 Å². The number of carbonyl (C=O) groups excluding carboxylic acids is 1. The zero-order valence-corrected chi connectivity index (χ0v) is 18.5. The Morgan fingerprint density at radius 3 is 2.72 bits per heavy atom. The second-order valence-electron chi connectivity index (χ2n) is 7.59. The van der Waals surface area contributed by atoms with Gasteiger partial charge in [0, 0.05) is 25.7 Å². The van der Waals surface area contributed by atoms with Crippen molar-refractivity contribution in [1.29, 1.82) is 0 Å². The Balaban J connectivity index is 1.62. The number of ether oxygens (including phenoxy) is 4. The van der Waals surface area contributed by atoms with Gasteiger partial charge in [-0.3, -0.25) is 9.69 Å². The molecule has 1 aromatic carbocycles. The minimum atomic E-state index is -0.893. The predicted octanol–water partition coefficient (Wildman–Crippen LogP) is 2.89. The van der Waals surface area contributed by atoms with Crippen molar-refractivity contribution in [2.75, 3.05) is 46.6 Å². The van der Waals surface area contributed by atoms with Gasteiger partial charge in [0.1, 0.15) is 23.5 Å². The Morgan fingerprint density at radius 2 is 2.00 bits per heavy atom. The van der Waals surface area contributed by atoms with Gasteiger partial charge in [0.2, 0.25) is 5.75 Å². The number of nitrogens with zero attached hydrogens (tertiary/aromatic N) is 1. The van der Waals surface area contributed by atoms with E-state index in [1.165, 1.54) is 19.4 Å². The summed E-state index contributed by atoms with van der Waals surface area (Å²) in [5, 5.41) is 0.714. The van der Waals surface area contributed by atoms with E-state index in [1.807, 2.05) is 6.92 Å². The van der Waals surface area contributed by atoms with Crippen molar-refractivity contribution in [3.63, 3.8) is 0 Å². The third kappa shape index (κ3) is 4.31. The van der Waals surface area contributed by atoms with Gasteiger partial charge in [-0.2, -0.15) is 0 Å². The largest absolute Gasteiger partial charge is 0.490 e. The van der Waals surface area contributed by atoms with E-state index < -0.39 is 12.1 Å². The van der Waals surface area contributed by atoms with Gasteiger partial charge in [-0.25, -0.2) is 4.79 Å². The molecule has 0 radical (unpaired) electrons. The predicted molar refractivity (Wildman–Crippen MR) is 116 cm³/mol. The van der Waals surface area contributed by atoms with Gasteiger partial charge in [0.15, 0.2) is 22.7 Å². The lowest BCUT2D eigenvalue weighted by atomic mass is 10.1. The number of esters is 1. The summed E-state index contributed by atoms with van der Waals surface area (Å²) in [7, 11) is 1.47. The summed E-state index contributed by atoms with van der Waals surface area (Å²) in [6.45, 7) is 7.38. The summed E-state index contributed by atoms with van der Waals surface area (Å²) in [5.41, 5.74) is 0.292. The Hall–Kier alpha value is -3.04. The van der Waals surface area contributed by atoms with E-state index in [-0.39, 0.29) is 28.8 Å². The quantitative estimate of drug-likeness (QED) is 0.485. The molecule has 0 spiro atoms. The number of hydrogen-bond donors (Lipinski definition) is 0. The molecule has 9 nitrogen and oxygen atoms in total. The average Bonchev–Trinajstić information content (AvgIpc) is 3.27. The van der Waals surface area contributed by atoms with Crippen LogP contribution in [0.25, 0.3) is 21.9 Å². The number of fused-ring (bicyclic) bond motifs is 2. The molecule has 4 rings (SSSR count). The molecule has 3 aromatic rings. The molecule has 0 aliphatic carbocycles. The molecule has 1 unspecified atom stereocenters. The summed E-state index contributed by atoms with van der Waals surface area (Å²) in [6.07, 6.45) is 0.938. The normalized spacial score (nSPS) is 15.7. The molecule has 32 heavy (non-hydrogen) atoms. The first kappa shape index (κ1) is 22.2. The first-order valence-corrected chi connectivity index (χ1v) is 10.7. The van der Waals surface area contributed by atoms with Crippen LogP contribution in [-0.2, 0) is 14.3 Å². The summed E-state index contributed by atoms with van der Waals surface area (Å²) >= 11 is 0. The second kappa shape index (κ2) is 9.62. The Morgan fingerprint density at radius 1 is 1.22 bits per heavy atom. The lowest BCUT2D eigenvalue weighted by molar-refractivity contribution is -0.152. The molecule has 3 heterocycles. The Kier molecular flexibility index (Phi) is 6.66. The van der Waals surface area contributed by atoms with Gasteiger partial charge in [-0.1, -0.05) is 6.92 Å². The molecule has 1 aliphatic heterocycles. The fourth-order valence-corrected chi connectivity index (χ4v) is 3.83. The number of hydrogen-bond acceptors (Lipinski definition) is 9. The third-order valence-corrected chi connectivity index (χ3v) is 5.47. The fourth-order valence-electron chi connectivity index (χ4n) is 3.83. The molecular weight excluding hydrogens is 418 g/mol. The number of aryl methyl sites for hydroxylation is 1. The van der Waals surface area contributed by atoms with Crippen molar-refractivity contribution < 1.29 is 32.6 Å². The monoisotopic (exact) mass is 445 g/mol. The molecule has 0 amide bonds. The zero-order chi connectivity index (χ0) is 22.7.